The number of carbonyl (C=O) groups is 2. The van der Waals surface area contributed by atoms with E-state index in [9.17, 15) is 9.59 Å². The summed E-state index contributed by atoms with van der Waals surface area (Å²) >= 11 is 18.3. The van der Waals surface area contributed by atoms with Crippen LogP contribution in [0.4, 0.5) is 11.4 Å². The number of hydrogen-bond donors (Lipinski definition) is 0. The number of halogens is 3. The molecule has 0 bridgehead atoms. The van der Waals surface area contributed by atoms with E-state index in [0.29, 0.717) is 15.7 Å². The van der Waals surface area contributed by atoms with Crippen LogP contribution in [0.3, 0.4) is 0 Å². The molecule has 2 heterocycles. The first kappa shape index (κ1) is 20.3. The monoisotopic (exact) mass is 472 g/mol. The van der Waals surface area contributed by atoms with E-state index in [1.807, 2.05) is 42.5 Å². The first-order chi connectivity index (χ1) is 15.0. The van der Waals surface area contributed by atoms with Crippen LogP contribution in [0, 0.1) is 5.92 Å². The van der Waals surface area contributed by atoms with E-state index < -0.39 is 24.0 Å². The summed E-state index contributed by atoms with van der Waals surface area (Å²) < 4.78 is 0. The molecule has 3 aromatic rings. The number of benzene rings is 3. The Morgan fingerprint density at radius 1 is 0.774 bits per heavy atom. The van der Waals surface area contributed by atoms with Crippen LogP contribution in [0.1, 0.15) is 11.6 Å². The molecule has 0 saturated carbocycles. The molecule has 0 aliphatic carbocycles. The Labute approximate surface area is 193 Å². The molecule has 2 amide bonds. The number of hydroxylamine groups is 1. The second-order valence-electron chi connectivity index (χ2n) is 7.32. The van der Waals surface area contributed by atoms with Crippen molar-refractivity contribution in [2.45, 2.75) is 12.1 Å². The summed E-state index contributed by atoms with van der Waals surface area (Å²) in [5.41, 5.74) is 1.85. The highest BCUT2D eigenvalue weighted by Gasteiger charge is 2.60. The highest BCUT2D eigenvalue weighted by atomic mass is 35.5. The topological polar surface area (TPSA) is 49.9 Å². The molecule has 2 aliphatic heterocycles. The zero-order chi connectivity index (χ0) is 21.7. The molecule has 31 heavy (non-hydrogen) atoms. The van der Waals surface area contributed by atoms with Gasteiger partial charge in [-0.3, -0.25) is 14.4 Å². The maximum Gasteiger partial charge on any atom is 0.266 e. The number of rotatable bonds is 3. The van der Waals surface area contributed by atoms with Crippen molar-refractivity contribution in [3.8, 4) is 0 Å². The highest BCUT2D eigenvalue weighted by Crippen LogP contribution is 2.48. The molecule has 0 N–H and O–H groups in total. The summed E-state index contributed by atoms with van der Waals surface area (Å²) in [5.74, 6) is -1.59. The lowest BCUT2D eigenvalue weighted by Gasteiger charge is -2.29. The number of anilines is 2. The summed E-state index contributed by atoms with van der Waals surface area (Å²) in [6.07, 6.45) is -0.972. The Bertz CT molecular complexity index is 1170. The number of hydrogen-bond acceptors (Lipinski definition) is 4. The van der Waals surface area contributed by atoms with Crippen molar-refractivity contribution in [1.29, 1.82) is 0 Å². The van der Waals surface area contributed by atoms with Crippen LogP contribution >= 0.6 is 34.8 Å². The fourth-order valence-corrected chi connectivity index (χ4v) is 4.73. The van der Waals surface area contributed by atoms with Gasteiger partial charge in [0, 0.05) is 10.0 Å². The minimum Gasteiger partial charge on any atom is -0.273 e. The third kappa shape index (κ3) is 3.38. The van der Waals surface area contributed by atoms with Gasteiger partial charge in [-0.2, -0.15) is 0 Å². The van der Waals surface area contributed by atoms with Crippen molar-refractivity contribution in [3.63, 3.8) is 0 Å². The van der Waals surface area contributed by atoms with Gasteiger partial charge < -0.3 is 0 Å². The zero-order valence-electron chi connectivity index (χ0n) is 15.9. The number of para-hydroxylation sites is 1. The van der Waals surface area contributed by atoms with Crippen molar-refractivity contribution >= 4 is 58.0 Å². The Morgan fingerprint density at radius 3 is 2.13 bits per heavy atom. The molecule has 3 atom stereocenters. The Hall–Kier alpha value is -2.57. The predicted octanol–water partition coefficient (Wildman–Crippen LogP) is 5.70. The van der Waals surface area contributed by atoms with Gasteiger partial charge in [0.1, 0.15) is 5.92 Å². The van der Waals surface area contributed by atoms with Gasteiger partial charge in [0.2, 0.25) is 5.91 Å². The summed E-state index contributed by atoms with van der Waals surface area (Å²) in [7, 11) is 0. The second-order valence-corrected chi connectivity index (χ2v) is 8.60. The summed E-state index contributed by atoms with van der Waals surface area (Å²) in [4.78, 5) is 34.0. The average Bonchev–Trinajstić information content (AvgIpc) is 3.26. The van der Waals surface area contributed by atoms with Gasteiger partial charge in [0.25, 0.3) is 5.91 Å². The van der Waals surface area contributed by atoms with Gasteiger partial charge in [0.05, 0.1) is 22.4 Å². The lowest BCUT2D eigenvalue weighted by atomic mass is 9.90. The van der Waals surface area contributed by atoms with Gasteiger partial charge in [-0.15, -0.1) is 0 Å². The third-order valence-corrected chi connectivity index (χ3v) is 6.28. The maximum atomic E-state index is 13.5. The van der Waals surface area contributed by atoms with E-state index in [2.05, 4.69) is 0 Å². The number of nitrogens with zero attached hydrogens (tertiary/aromatic N) is 2. The van der Waals surface area contributed by atoms with Crippen molar-refractivity contribution in [1.82, 2.24) is 0 Å². The first-order valence-corrected chi connectivity index (χ1v) is 10.7. The van der Waals surface area contributed by atoms with Crippen molar-refractivity contribution < 1.29 is 14.4 Å². The molecule has 3 aromatic carbocycles. The number of amides is 2. The Balaban J connectivity index is 1.59. The van der Waals surface area contributed by atoms with E-state index in [4.69, 9.17) is 39.6 Å². The van der Waals surface area contributed by atoms with Crippen LogP contribution in [0.25, 0.3) is 0 Å². The largest absolute Gasteiger partial charge is 0.273 e. The zero-order valence-corrected chi connectivity index (χ0v) is 18.2. The third-order valence-electron chi connectivity index (χ3n) is 5.49. The van der Waals surface area contributed by atoms with E-state index >= 15 is 0 Å². The van der Waals surface area contributed by atoms with Gasteiger partial charge in [-0.1, -0.05) is 65.1 Å². The number of fused-ring (bicyclic) bond motifs is 1. The van der Waals surface area contributed by atoms with Gasteiger partial charge in [-0.05, 0) is 48.0 Å². The van der Waals surface area contributed by atoms with E-state index in [-0.39, 0.29) is 10.9 Å². The molecule has 2 saturated heterocycles. The molecule has 5 rings (SSSR count). The normalized spacial score (nSPS) is 22.9. The molecule has 0 radical (unpaired) electrons. The number of carbonyl (C=O) groups excluding carboxylic acids is 2. The minimum absolute atomic E-state index is 0.220. The summed E-state index contributed by atoms with van der Waals surface area (Å²) in [5, 5.41) is 2.85. The van der Waals surface area contributed by atoms with Gasteiger partial charge in [0.15, 0.2) is 6.10 Å². The smallest absolute Gasteiger partial charge is 0.266 e. The predicted molar refractivity (Wildman–Crippen MR) is 120 cm³/mol. The molecular formula is C23H15Cl3N2O3. The molecular weight excluding hydrogens is 459 g/mol. The summed E-state index contributed by atoms with van der Waals surface area (Å²) in [6, 6.07) is 20.7. The van der Waals surface area contributed by atoms with Gasteiger partial charge in [-0.25, -0.2) is 9.96 Å². The fraction of sp³-hybridized carbons (Fsp3) is 0.130. The van der Waals surface area contributed by atoms with Crippen molar-refractivity contribution in [2.24, 2.45) is 5.92 Å². The Kier molecular flexibility index (Phi) is 5.15. The standard InChI is InChI=1S/C23H15Cl3N2O3/c24-14-8-6-13(7-9-14)20-19-21(31-28(20)16-4-2-1-3-5-16)23(30)27(22(19)29)18-11-10-15(25)12-17(18)26/h1-12,19-21H/t19-,20-,21+/m0/s1. The van der Waals surface area contributed by atoms with Crippen LogP contribution in [-0.2, 0) is 14.4 Å². The molecule has 2 aliphatic rings. The van der Waals surface area contributed by atoms with Crippen LogP contribution in [0.15, 0.2) is 72.8 Å². The molecule has 0 spiro atoms. The van der Waals surface area contributed by atoms with Crippen LogP contribution in [-0.4, -0.2) is 17.9 Å². The van der Waals surface area contributed by atoms with E-state index in [1.165, 1.54) is 6.07 Å². The summed E-state index contributed by atoms with van der Waals surface area (Å²) in [6.45, 7) is 0. The molecule has 0 aromatic heterocycles. The van der Waals surface area contributed by atoms with Crippen LogP contribution in [0.5, 0.6) is 0 Å². The highest BCUT2D eigenvalue weighted by molar-refractivity contribution is 6.38. The van der Waals surface area contributed by atoms with Crippen LogP contribution < -0.4 is 9.96 Å². The minimum atomic E-state index is -0.972. The maximum absolute atomic E-state index is 13.5. The number of imide groups is 1. The van der Waals surface area contributed by atoms with Gasteiger partial charge >= 0.3 is 0 Å². The van der Waals surface area contributed by atoms with E-state index in [1.54, 1.807) is 29.3 Å². The molecule has 8 heteroatoms. The first-order valence-electron chi connectivity index (χ1n) is 9.55. The van der Waals surface area contributed by atoms with Crippen molar-refractivity contribution in [3.05, 3.63) is 93.4 Å². The molecule has 2 fully saturated rings. The van der Waals surface area contributed by atoms with Crippen molar-refractivity contribution in [2.75, 3.05) is 9.96 Å². The van der Waals surface area contributed by atoms with E-state index in [0.717, 1.165) is 16.2 Å². The average molecular weight is 474 g/mol. The Morgan fingerprint density at radius 2 is 1.45 bits per heavy atom. The lowest BCUT2D eigenvalue weighted by Crippen LogP contribution is -2.37. The molecule has 0 unspecified atom stereocenters. The lowest BCUT2D eigenvalue weighted by molar-refractivity contribution is -0.126. The molecule has 156 valence electrons. The molecule has 5 nitrogen and oxygen atoms in total. The second kappa shape index (κ2) is 7.84. The fourth-order valence-electron chi connectivity index (χ4n) is 4.11. The SMILES string of the molecule is O=C1[C@@H]2[C@@H](ON(c3ccccc3)[C@H]2c2ccc(Cl)cc2)C(=O)N1c1ccc(Cl)cc1Cl. The quantitative estimate of drug-likeness (QED) is 0.458. The van der Waals surface area contributed by atoms with Crippen LogP contribution in [0.2, 0.25) is 15.1 Å².